The van der Waals surface area contributed by atoms with E-state index in [1.54, 1.807) is 18.3 Å². The summed E-state index contributed by atoms with van der Waals surface area (Å²) in [6, 6.07) is 8.38. The Morgan fingerprint density at radius 2 is 2.06 bits per heavy atom. The van der Waals surface area contributed by atoms with Crippen LogP contribution < -0.4 is 0 Å². The first-order chi connectivity index (χ1) is 8.59. The van der Waals surface area contributed by atoms with Gasteiger partial charge in [-0.25, -0.2) is 4.39 Å². The summed E-state index contributed by atoms with van der Waals surface area (Å²) in [6.07, 6.45) is 2.16. The molecule has 1 aromatic heterocycles. The lowest BCUT2D eigenvalue weighted by molar-refractivity contribution is 0.605. The Morgan fingerprint density at radius 3 is 2.72 bits per heavy atom. The highest BCUT2D eigenvalue weighted by molar-refractivity contribution is 6.32. The van der Waals surface area contributed by atoms with Crippen LogP contribution in [0.15, 0.2) is 36.5 Å². The highest BCUT2D eigenvalue weighted by Gasteiger charge is 2.18. The maximum absolute atomic E-state index is 13.7. The third-order valence-corrected chi connectivity index (χ3v) is 3.51. The fourth-order valence-electron chi connectivity index (χ4n) is 1.81. The molecule has 1 nitrogen and oxygen atoms in total. The number of pyridine rings is 1. The molecule has 0 saturated carbocycles. The molecule has 94 valence electrons. The molecule has 0 amide bonds. The van der Waals surface area contributed by atoms with E-state index < -0.39 is 5.38 Å². The summed E-state index contributed by atoms with van der Waals surface area (Å²) in [6.45, 7) is 1.95. The predicted octanol–water partition coefficient (Wildman–Crippen LogP) is 4.71. The Morgan fingerprint density at radius 1 is 1.28 bits per heavy atom. The Bertz CT molecular complexity index is 537. The number of aromatic nitrogens is 1. The van der Waals surface area contributed by atoms with Crippen LogP contribution in [-0.4, -0.2) is 4.98 Å². The van der Waals surface area contributed by atoms with Gasteiger partial charge in [-0.2, -0.15) is 0 Å². The largest absolute Gasteiger partial charge is 0.261 e. The van der Waals surface area contributed by atoms with Crippen LogP contribution in [0, 0.1) is 12.7 Å². The molecular weight excluding hydrogens is 272 g/mol. The molecule has 0 aliphatic rings. The van der Waals surface area contributed by atoms with E-state index in [9.17, 15) is 4.39 Å². The van der Waals surface area contributed by atoms with Crippen molar-refractivity contribution < 1.29 is 4.39 Å². The molecule has 0 N–H and O–H groups in total. The molecule has 2 rings (SSSR count). The molecule has 4 heteroatoms. The minimum Gasteiger partial charge on any atom is -0.261 e. The van der Waals surface area contributed by atoms with Gasteiger partial charge in [0, 0.05) is 28.9 Å². The fraction of sp³-hybridized carbons (Fsp3) is 0.214. The number of halogens is 3. The van der Waals surface area contributed by atoms with Crippen LogP contribution in [0.2, 0.25) is 5.02 Å². The first kappa shape index (κ1) is 13.3. The van der Waals surface area contributed by atoms with Gasteiger partial charge in [0.2, 0.25) is 0 Å². The number of aryl methyl sites for hydroxylation is 1. The molecule has 0 saturated heterocycles. The van der Waals surface area contributed by atoms with Gasteiger partial charge in [-0.1, -0.05) is 23.7 Å². The maximum atomic E-state index is 13.7. The van der Waals surface area contributed by atoms with E-state index in [1.807, 2.05) is 19.1 Å². The van der Waals surface area contributed by atoms with E-state index in [0.717, 1.165) is 11.3 Å². The minimum absolute atomic E-state index is 0.339. The number of nitrogens with zero attached hydrogens (tertiary/aromatic N) is 1. The van der Waals surface area contributed by atoms with Gasteiger partial charge in [0.05, 0.1) is 5.38 Å². The second-order valence-electron chi connectivity index (χ2n) is 4.07. The van der Waals surface area contributed by atoms with Gasteiger partial charge >= 0.3 is 0 Å². The minimum atomic E-state index is -0.521. The van der Waals surface area contributed by atoms with Crippen molar-refractivity contribution in [1.29, 1.82) is 0 Å². The molecular formula is C14H12Cl2FN. The van der Waals surface area contributed by atoms with Gasteiger partial charge in [-0.15, -0.1) is 11.6 Å². The van der Waals surface area contributed by atoms with Crippen molar-refractivity contribution >= 4 is 23.2 Å². The van der Waals surface area contributed by atoms with Gasteiger partial charge in [0.25, 0.3) is 0 Å². The zero-order valence-corrected chi connectivity index (χ0v) is 11.3. The van der Waals surface area contributed by atoms with Crippen molar-refractivity contribution in [3.63, 3.8) is 0 Å². The van der Waals surface area contributed by atoms with Crippen LogP contribution in [-0.2, 0) is 6.42 Å². The third-order valence-electron chi connectivity index (χ3n) is 2.80. The molecule has 0 radical (unpaired) electrons. The Kier molecular flexibility index (Phi) is 4.20. The van der Waals surface area contributed by atoms with Crippen molar-refractivity contribution in [3.8, 4) is 0 Å². The highest BCUT2D eigenvalue weighted by atomic mass is 35.5. The predicted molar refractivity (Wildman–Crippen MR) is 72.7 cm³/mol. The van der Waals surface area contributed by atoms with E-state index in [1.165, 1.54) is 6.07 Å². The number of hydrogen-bond donors (Lipinski definition) is 0. The summed E-state index contributed by atoms with van der Waals surface area (Å²) in [5.74, 6) is -0.379. The van der Waals surface area contributed by atoms with Gasteiger partial charge in [0.1, 0.15) is 5.82 Å². The number of hydrogen-bond acceptors (Lipinski definition) is 1. The summed E-state index contributed by atoms with van der Waals surface area (Å²) in [7, 11) is 0. The molecule has 1 atom stereocenters. The average Bonchev–Trinajstić information content (AvgIpc) is 2.32. The molecule has 1 unspecified atom stereocenters. The zero-order chi connectivity index (χ0) is 13.1. The monoisotopic (exact) mass is 283 g/mol. The van der Waals surface area contributed by atoms with E-state index in [2.05, 4.69) is 4.98 Å². The van der Waals surface area contributed by atoms with Gasteiger partial charge in [-0.05, 0) is 30.7 Å². The van der Waals surface area contributed by atoms with Crippen LogP contribution in [0.5, 0.6) is 0 Å². The number of alkyl halides is 1. The Balaban J connectivity index is 2.28. The molecule has 18 heavy (non-hydrogen) atoms. The summed E-state index contributed by atoms with van der Waals surface area (Å²) in [5, 5.41) is -0.170. The molecule has 0 spiro atoms. The van der Waals surface area contributed by atoms with Crippen molar-refractivity contribution in [2.75, 3.05) is 0 Å². The van der Waals surface area contributed by atoms with Crippen molar-refractivity contribution in [2.24, 2.45) is 0 Å². The first-order valence-electron chi connectivity index (χ1n) is 5.58. The molecule has 2 aromatic rings. The summed E-state index contributed by atoms with van der Waals surface area (Å²) in [4.78, 5) is 4.25. The lowest BCUT2D eigenvalue weighted by Crippen LogP contribution is -2.03. The summed E-state index contributed by atoms with van der Waals surface area (Å²) < 4.78 is 13.7. The smallest absolute Gasteiger partial charge is 0.129 e. The summed E-state index contributed by atoms with van der Waals surface area (Å²) in [5.41, 5.74) is 2.23. The Labute approximate surface area is 116 Å². The quantitative estimate of drug-likeness (QED) is 0.744. The first-order valence-corrected chi connectivity index (χ1v) is 6.39. The molecule has 1 aromatic carbocycles. The van der Waals surface area contributed by atoms with Gasteiger partial charge < -0.3 is 0 Å². The average molecular weight is 284 g/mol. The van der Waals surface area contributed by atoms with Crippen LogP contribution in [0.4, 0.5) is 4.39 Å². The van der Waals surface area contributed by atoms with E-state index in [0.29, 0.717) is 17.0 Å². The van der Waals surface area contributed by atoms with E-state index in [4.69, 9.17) is 23.2 Å². The standard InChI is InChI=1S/C14H12Cl2FN/c1-9-4-3-7-18-13(9)8-11(16)14-10(15)5-2-6-12(14)17/h2-7,11H,8H2,1H3. The molecule has 0 fully saturated rings. The second-order valence-corrected chi connectivity index (χ2v) is 5.01. The van der Waals surface area contributed by atoms with Crippen molar-refractivity contribution in [3.05, 3.63) is 64.2 Å². The Hall–Kier alpha value is -1.12. The zero-order valence-electron chi connectivity index (χ0n) is 9.83. The van der Waals surface area contributed by atoms with Crippen molar-refractivity contribution in [1.82, 2.24) is 4.98 Å². The van der Waals surface area contributed by atoms with E-state index in [-0.39, 0.29) is 5.82 Å². The maximum Gasteiger partial charge on any atom is 0.129 e. The van der Waals surface area contributed by atoms with Gasteiger partial charge in [0.15, 0.2) is 0 Å². The fourth-order valence-corrected chi connectivity index (χ4v) is 2.53. The van der Waals surface area contributed by atoms with Gasteiger partial charge in [-0.3, -0.25) is 4.98 Å². The summed E-state index contributed by atoms with van der Waals surface area (Å²) >= 11 is 12.2. The molecule has 1 heterocycles. The van der Waals surface area contributed by atoms with Crippen LogP contribution in [0.25, 0.3) is 0 Å². The SMILES string of the molecule is Cc1cccnc1CC(Cl)c1c(F)cccc1Cl. The third kappa shape index (κ3) is 2.82. The number of rotatable bonds is 3. The van der Waals surface area contributed by atoms with Crippen LogP contribution in [0.3, 0.4) is 0 Å². The van der Waals surface area contributed by atoms with Crippen molar-refractivity contribution in [2.45, 2.75) is 18.7 Å². The van der Waals surface area contributed by atoms with Crippen LogP contribution >= 0.6 is 23.2 Å². The highest BCUT2D eigenvalue weighted by Crippen LogP contribution is 2.32. The lowest BCUT2D eigenvalue weighted by atomic mass is 10.0. The number of benzene rings is 1. The molecule has 0 aliphatic carbocycles. The van der Waals surface area contributed by atoms with E-state index >= 15 is 0 Å². The molecule has 0 aliphatic heterocycles. The van der Waals surface area contributed by atoms with Crippen LogP contribution in [0.1, 0.15) is 22.2 Å². The topological polar surface area (TPSA) is 12.9 Å². The second kappa shape index (κ2) is 5.68. The normalized spacial score (nSPS) is 12.4. The molecule has 0 bridgehead atoms. The lowest BCUT2D eigenvalue weighted by Gasteiger charge is -2.13.